The number of aromatic nitrogens is 3. The Morgan fingerprint density at radius 3 is 2.96 bits per heavy atom. The third-order valence-corrected chi connectivity index (χ3v) is 7.04. The Kier molecular flexibility index (Phi) is 4.26. The Labute approximate surface area is 170 Å². The van der Waals surface area contributed by atoms with E-state index in [0.29, 0.717) is 0 Å². The van der Waals surface area contributed by atoms with Crippen LogP contribution in [0.15, 0.2) is 30.6 Å². The molecule has 142 valence electrons. The second-order valence-electron chi connectivity index (χ2n) is 6.92. The second kappa shape index (κ2) is 6.80. The molecule has 0 saturated carbocycles. The molecule has 0 saturated heterocycles. The summed E-state index contributed by atoms with van der Waals surface area (Å²) in [7, 11) is 1.92. The first kappa shape index (κ1) is 17.5. The van der Waals surface area contributed by atoms with E-state index in [1.54, 1.807) is 29.6 Å². The van der Waals surface area contributed by atoms with Gasteiger partial charge in [0.2, 0.25) is 5.91 Å². The van der Waals surface area contributed by atoms with Gasteiger partial charge in [0.15, 0.2) is 0 Å². The molecule has 1 aliphatic heterocycles. The van der Waals surface area contributed by atoms with Gasteiger partial charge in [-0.3, -0.25) is 9.48 Å². The minimum Gasteiger partial charge on any atom is -0.317 e. The second-order valence-corrected chi connectivity index (χ2v) is 9.06. The molecule has 2 N–H and O–H groups in total. The molecule has 1 amide bonds. The maximum atomic E-state index is 11.7. The van der Waals surface area contributed by atoms with Crippen LogP contribution >= 0.6 is 22.7 Å². The highest BCUT2D eigenvalue weighted by atomic mass is 32.1. The zero-order chi connectivity index (χ0) is 19.3. The quantitative estimate of drug-likeness (QED) is 0.536. The molecule has 4 aromatic rings. The van der Waals surface area contributed by atoms with Crippen molar-refractivity contribution in [3.05, 3.63) is 41.0 Å². The number of carbonyl (C=O) groups excluding carboxylic acids is 1. The highest BCUT2D eigenvalue weighted by molar-refractivity contribution is 7.23. The van der Waals surface area contributed by atoms with E-state index < -0.39 is 0 Å². The summed E-state index contributed by atoms with van der Waals surface area (Å²) < 4.78 is 2.95. The Hall–Kier alpha value is -2.55. The van der Waals surface area contributed by atoms with Gasteiger partial charge in [0.05, 0.1) is 16.4 Å². The third-order valence-electron chi connectivity index (χ3n) is 4.86. The number of hydrogen-bond donors (Lipinski definition) is 2. The van der Waals surface area contributed by atoms with Crippen LogP contribution in [-0.2, 0) is 24.8 Å². The van der Waals surface area contributed by atoms with Crippen molar-refractivity contribution >= 4 is 43.8 Å². The summed E-state index contributed by atoms with van der Waals surface area (Å²) in [6, 6.07) is 6.33. The molecule has 8 heteroatoms. The molecule has 0 unspecified atom stereocenters. The van der Waals surface area contributed by atoms with E-state index in [1.165, 1.54) is 10.4 Å². The summed E-state index contributed by atoms with van der Waals surface area (Å²) in [5.74, 6) is -0.0484. The molecule has 1 aliphatic rings. The van der Waals surface area contributed by atoms with Crippen LogP contribution in [0.5, 0.6) is 0 Å². The lowest BCUT2D eigenvalue weighted by molar-refractivity contribution is -0.114. The summed E-state index contributed by atoms with van der Waals surface area (Å²) in [6.45, 7) is 3.36. The maximum absolute atomic E-state index is 11.7. The lowest BCUT2D eigenvalue weighted by Gasteiger charge is -2.13. The fourth-order valence-electron chi connectivity index (χ4n) is 3.59. The molecule has 0 radical (unpaired) electrons. The summed E-state index contributed by atoms with van der Waals surface area (Å²) >= 11 is 3.34. The van der Waals surface area contributed by atoms with Crippen LogP contribution in [-0.4, -0.2) is 27.2 Å². The lowest BCUT2D eigenvalue weighted by atomic mass is 10.0. The Bertz CT molecular complexity index is 1200. The maximum Gasteiger partial charge on any atom is 0.221 e. The lowest BCUT2D eigenvalue weighted by Crippen LogP contribution is -2.22. The zero-order valence-corrected chi connectivity index (χ0v) is 17.2. The van der Waals surface area contributed by atoms with Crippen molar-refractivity contribution in [2.24, 2.45) is 7.05 Å². The summed E-state index contributed by atoms with van der Waals surface area (Å²) in [5.41, 5.74) is 5.63. The molecule has 4 heterocycles. The van der Waals surface area contributed by atoms with Crippen LogP contribution in [0.25, 0.3) is 31.9 Å². The van der Waals surface area contributed by atoms with E-state index >= 15 is 0 Å². The first-order valence-electron chi connectivity index (χ1n) is 9.11. The Morgan fingerprint density at radius 2 is 2.18 bits per heavy atom. The molecule has 6 nitrogen and oxygen atoms in total. The van der Waals surface area contributed by atoms with Crippen LogP contribution in [0, 0.1) is 0 Å². The predicted octanol–water partition coefficient (Wildman–Crippen LogP) is 4.03. The molecule has 0 spiro atoms. The standard InChI is InChI=1S/C20H19N5OS2/c1-11(26)23-19-18(14-5-6-21-9-17(14)28-19)20-24-15-4-3-12(7-16(15)27-20)13-8-22-25(2)10-13/h3-4,7-8,10,21H,5-6,9H2,1-2H3,(H,23,26). The van der Waals surface area contributed by atoms with Gasteiger partial charge in [-0.15, -0.1) is 22.7 Å². The Morgan fingerprint density at radius 1 is 1.29 bits per heavy atom. The largest absolute Gasteiger partial charge is 0.317 e. The van der Waals surface area contributed by atoms with E-state index in [0.717, 1.165) is 56.4 Å². The van der Waals surface area contributed by atoms with E-state index in [-0.39, 0.29) is 5.91 Å². The number of thiazole rings is 1. The number of amides is 1. The van der Waals surface area contributed by atoms with Crippen LogP contribution in [0.4, 0.5) is 5.00 Å². The predicted molar refractivity (Wildman–Crippen MR) is 115 cm³/mol. The van der Waals surface area contributed by atoms with Crippen molar-refractivity contribution in [2.75, 3.05) is 11.9 Å². The summed E-state index contributed by atoms with van der Waals surface area (Å²) in [5, 5.41) is 12.6. The number of carbonyl (C=O) groups is 1. The average molecular weight is 410 g/mol. The van der Waals surface area contributed by atoms with Crippen molar-refractivity contribution in [3.63, 3.8) is 0 Å². The van der Waals surface area contributed by atoms with Gasteiger partial charge in [-0.1, -0.05) is 6.07 Å². The third kappa shape index (κ3) is 3.03. The first-order chi connectivity index (χ1) is 13.6. The van der Waals surface area contributed by atoms with Crippen LogP contribution in [0.2, 0.25) is 0 Å². The fourth-order valence-corrected chi connectivity index (χ4v) is 6.00. The Balaban J connectivity index is 1.63. The number of thiophene rings is 1. The highest BCUT2D eigenvalue weighted by Crippen LogP contribution is 2.45. The topological polar surface area (TPSA) is 71.8 Å². The van der Waals surface area contributed by atoms with Crippen molar-refractivity contribution in [1.82, 2.24) is 20.1 Å². The number of anilines is 1. The molecule has 0 bridgehead atoms. The zero-order valence-electron chi connectivity index (χ0n) is 15.6. The molecule has 0 fully saturated rings. The van der Waals surface area contributed by atoms with Crippen LogP contribution < -0.4 is 10.6 Å². The molecule has 1 aromatic carbocycles. The average Bonchev–Trinajstić information content (AvgIpc) is 3.35. The van der Waals surface area contributed by atoms with Gasteiger partial charge in [-0.25, -0.2) is 4.98 Å². The molecule has 28 heavy (non-hydrogen) atoms. The van der Waals surface area contributed by atoms with Crippen LogP contribution in [0.1, 0.15) is 17.4 Å². The fraction of sp³-hybridized carbons (Fsp3) is 0.250. The van der Waals surface area contributed by atoms with Gasteiger partial charge in [-0.05, 0) is 36.2 Å². The van der Waals surface area contributed by atoms with Crippen molar-refractivity contribution < 1.29 is 4.79 Å². The number of benzene rings is 1. The summed E-state index contributed by atoms with van der Waals surface area (Å²) in [6.07, 6.45) is 4.85. The molecule has 5 rings (SSSR count). The molecule has 0 atom stereocenters. The van der Waals surface area contributed by atoms with Crippen molar-refractivity contribution in [1.29, 1.82) is 0 Å². The number of nitrogens with one attached hydrogen (secondary N) is 2. The molecule has 0 aliphatic carbocycles. The minimum absolute atomic E-state index is 0.0484. The van der Waals surface area contributed by atoms with Crippen LogP contribution in [0.3, 0.4) is 0 Å². The molecular formula is C20H19N5OS2. The monoisotopic (exact) mass is 409 g/mol. The van der Waals surface area contributed by atoms with Gasteiger partial charge in [0, 0.05) is 42.7 Å². The van der Waals surface area contributed by atoms with Gasteiger partial charge in [0.1, 0.15) is 10.0 Å². The summed E-state index contributed by atoms with van der Waals surface area (Å²) in [4.78, 5) is 17.9. The minimum atomic E-state index is -0.0484. The van der Waals surface area contributed by atoms with E-state index in [1.807, 2.05) is 24.1 Å². The normalized spacial score (nSPS) is 13.6. The number of rotatable bonds is 3. The van der Waals surface area contributed by atoms with Gasteiger partial charge >= 0.3 is 0 Å². The number of aryl methyl sites for hydroxylation is 1. The van der Waals surface area contributed by atoms with Crippen molar-refractivity contribution in [2.45, 2.75) is 19.9 Å². The van der Waals surface area contributed by atoms with Gasteiger partial charge in [-0.2, -0.15) is 5.10 Å². The number of fused-ring (bicyclic) bond motifs is 2. The SMILES string of the molecule is CC(=O)Nc1sc2c(c1-c1nc3ccc(-c4cnn(C)c4)cc3s1)CCNC2. The number of hydrogen-bond acceptors (Lipinski definition) is 6. The highest BCUT2D eigenvalue weighted by Gasteiger charge is 2.24. The first-order valence-corrected chi connectivity index (χ1v) is 10.7. The molecule has 3 aromatic heterocycles. The van der Waals surface area contributed by atoms with Gasteiger partial charge in [0.25, 0.3) is 0 Å². The molecular weight excluding hydrogens is 390 g/mol. The van der Waals surface area contributed by atoms with E-state index in [4.69, 9.17) is 4.98 Å². The van der Waals surface area contributed by atoms with Gasteiger partial charge < -0.3 is 10.6 Å². The smallest absolute Gasteiger partial charge is 0.221 e. The van der Waals surface area contributed by atoms with Crippen molar-refractivity contribution in [3.8, 4) is 21.7 Å². The van der Waals surface area contributed by atoms with E-state index in [9.17, 15) is 4.79 Å². The van der Waals surface area contributed by atoms with E-state index in [2.05, 4.69) is 33.9 Å². The number of nitrogens with zero attached hydrogens (tertiary/aromatic N) is 3.